The van der Waals surface area contributed by atoms with Crippen molar-refractivity contribution in [3.8, 4) is 5.75 Å². The van der Waals surface area contributed by atoms with Crippen LogP contribution in [0.4, 0.5) is 22.1 Å². The highest BCUT2D eigenvalue weighted by atomic mass is 16.6. The summed E-state index contributed by atoms with van der Waals surface area (Å²) in [6.07, 6.45) is 0.859. The first-order chi connectivity index (χ1) is 16.5. The van der Waals surface area contributed by atoms with E-state index < -0.39 is 11.7 Å². The molecule has 0 aliphatic carbocycles. The standard InChI is InChI=1S/C24H30N6O5/c1-14-12-34-13-15-7-16(9-17(8-15)33-6)27-19-10-20(29(5)23(32)35-24(2,3)4)30-21(28-19)18(11-25-30)22(31)26-14/h7-11,14H,12-13H2,1-6H3,(H,26,31)(H,27,28)/t14-/m1/s1. The fourth-order valence-corrected chi connectivity index (χ4v) is 3.61. The molecule has 186 valence electrons. The highest BCUT2D eigenvalue weighted by Gasteiger charge is 2.26. The molecule has 11 nitrogen and oxygen atoms in total. The van der Waals surface area contributed by atoms with Crippen LogP contribution >= 0.6 is 0 Å². The molecular formula is C24H30N6O5. The minimum absolute atomic E-state index is 0.254. The summed E-state index contributed by atoms with van der Waals surface area (Å²) in [4.78, 5) is 31.8. The molecule has 0 radical (unpaired) electrons. The molecule has 3 heterocycles. The van der Waals surface area contributed by atoms with E-state index in [0.717, 1.165) is 5.56 Å². The van der Waals surface area contributed by atoms with E-state index in [9.17, 15) is 9.59 Å². The number of hydrogen-bond acceptors (Lipinski definition) is 8. The maximum Gasteiger partial charge on any atom is 0.415 e. The van der Waals surface area contributed by atoms with Gasteiger partial charge >= 0.3 is 6.09 Å². The van der Waals surface area contributed by atoms with Gasteiger partial charge in [-0.15, -0.1) is 0 Å². The number of methoxy groups -OCH3 is 1. The first kappa shape index (κ1) is 24.3. The second-order valence-electron chi connectivity index (χ2n) is 9.42. The molecule has 1 aliphatic rings. The highest BCUT2D eigenvalue weighted by molar-refractivity contribution is 6.00. The van der Waals surface area contributed by atoms with Gasteiger partial charge < -0.3 is 24.8 Å². The van der Waals surface area contributed by atoms with Gasteiger partial charge in [0.1, 0.15) is 28.5 Å². The Morgan fingerprint density at radius 2 is 2.03 bits per heavy atom. The second-order valence-corrected chi connectivity index (χ2v) is 9.42. The normalized spacial score (nSPS) is 16.3. The highest BCUT2D eigenvalue weighted by Crippen LogP contribution is 2.28. The molecule has 0 unspecified atom stereocenters. The maximum absolute atomic E-state index is 13.0. The Morgan fingerprint density at radius 3 is 2.74 bits per heavy atom. The minimum Gasteiger partial charge on any atom is -0.497 e. The lowest BCUT2D eigenvalue weighted by molar-refractivity contribution is 0.0587. The molecule has 0 fully saturated rings. The molecular weight excluding hydrogens is 452 g/mol. The maximum atomic E-state index is 13.0. The van der Waals surface area contributed by atoms with Gasteiger partial charge in [0.05, 0.1) is 26.5 Å². The molecule has 2 N–H and O–H groups in total. The van der Waals surface area contributed by atoms with Crippen molar-refractivity contribution >= 4 is 35.0 Å². The third-order valence-electron chi connectivity index (χ3n) is 5.20. The number of benzene rings is 1. The van der Waals surface area contributed by atoms with Gasteiger partial charge in [-0.3, -0.25) is 9.69 Å². The van der Waals surface area contributed by atoms with Gasteiger partial charge in [0.15, 0.2) is 5.65 Å². The number of ether oxygens (including phenoxy) is 3. The number of hydrogen-bond donors (Lipinski definition) is 2. The predicted octanol–water partition coefficient (Wildman–Crippen LogP) is 3.50. The molecule has 1 aliphatic heterocycles. The predicted molar refractivity (Wildman–Crippen MR) is 130 cm³/mol. The van der Waals surface area contributed by atoms with Gasteiger partial charge in [-0.05, 0) is 45.4 Å². The van der Waals surface area contributed by atoms with Gasteiger partial charge in [0.25, 0.3) is 5.91 Å². The molecule has 0 spiro atoms. The Bertz CT molecular complexity index is 1270. The zero-order chi connectivity index (χ0) is 25.3. The number of nitrogens with zero attached hydrogens (tertiary/aromatic N) is 4. The summed E-state index contributed by atoms with van der Waals surface area (Å²) in [6, 6.07) is 7.04. The smallest absolute Gasteiger partial charge is 0.415 e. The monoisotopic (exact) mass is 482 g/mol. The topological polar surface area (TPSA) is 119 Å². The molecule has 1 aromatic carbocycles. The Balaban J connectivity index is 1.86. The summed E-state index contributed by atoms with van der Waals surface area (Å²) in [6.45, 7) is 7.88. The molecule has 4 rings (SSSR count). The van der Waals surface area contributed by atoms with Crippen LogP contribution in [0.5, 0.6) is 5.75 Å². The van der Waals surface area contributed by atoms with Gasteiger partial charge in [0, 0.05) is 30.9 Å². The van der Waals surface area contributed by atoms with E-state index >= 15 is 0 Å². The molecule has 0 saturated carbocycles. The number of rotatable bonds is 2. The van der Waals surface area contributed by atoms with E-state index in [2.05, 4.69) is 20.7 Å². The van der Waals surface area contributed by atoms with Crippen LogP contribution in [0.2, 0.25) is 0 Å². The molecule has 0 saturated heterocycles. The van der Waals surface area contributed by atoms with Crippen LogP contribution in [0.15, 0.2) is 30.5 Å². The Morgan fingerprint density at radius 1 is 1.26 bits per heavy atom. The van der Waals surface area contributed by atoms with E-state index in [-0.39, 0.29) is 23.2 Å². The number of carbonyl (C=O) groups excluding carboxylic acids is 2. The molecule has 2 amide bonds. The first-order valence-electron chi connectivity index (χ1n) is 11.2. The third-order valence-corrected chi connectivity index (χ3v) is 5.20. The van der Waals surface area contributed by atoms with Crippen molar-refractivity contribution in [2.75, 3.05) is 31.0 Å². The summed E-state index contributed by atoms with van der Waals surface area (Å²) >= 11 is 0. The lowest BCUT2D eigenvalue weighted by Crippen LogP contribution is -2.36. The number of carbonyl (C=O) groups is 2. The van der Waals surface area contributed by atoms with Crippen molar-refractivity contribution in [1.82, 2.24) is 19.9 Å². The summed E-state index contributed by atoms with van der Waals surface area (Å²) in [5, 5.41) is 10.5. The SMILES string of the molecule is COc1cc2cc(c1)Nc1cc(N(C)C(=O)OC(C)(C)C)n3ncc(c3n1)C(=O)N[C@H](C)COC2. The van der Waals surface area contributed by atoms with Crippen molar-refractivity contribution in [1.29, 1.82) is 0 Å². The van der Waals surface area contributed by atoms with Crippen LogP contribution in [0.1, 0.15) is 43.6 Å². The van der Waals surface area contributed by atoms with E-state index in [1.165, 1.54) is 15.6 Å². The minimum atomic E-state index is -0.684. The van der Waals surface area contributed by atoms with Gasteiger partial charge in [-0.2, -0.15) is 9.61 Å². The van der Waals surface area contributed by atoms with Crippen molar-refractivity contribution in [3.63, 3.8) is 0 Å². The van der Waals surface area contributed by atoms with E-state index in [0.29, 0.717) is 36.3 Å². The van der Waals surface area contributed by atoms with E-state index in [1.807, 2.05) is 25.1 Å². The lowest BCUT2D eigenvalue weighted by Gasteiger charge is -2.25. The van der Waals surface area contributed by atoms with Crippen molar-refractivity contribution in [3.05, 3.63) is 41.6 Å². The zero-order valence-corrected chi connectivity index (χ0v) is 20.7. The second kappa shape index (κ2) is 9.41. The van der Waals surface area contributed by atoms with Crippen LogP contribution in [-0.4, -0.2) is 59.0 Å². The number of fused-ring (bicyclic) bond motifs is 3. The number of amides is 2. The molecule has 1 atom stereocenters. The number of nitrogens with one attached hydrogen (secondary N) is 2. The number of anilines is 3. The van der Waals surface area contributed by atoms with E-state index in [4.69, 9.17) is 14.2 Å². The molecule has 11 heteroatoms. The van der Waals surface area contributed by atoms with Crippen molar-refractivity contribution in [2.24, 2.45) is 0 Å². The van der Waals surface area contributed by atoms with E-state index in [1.54, 1.807) is 41.0 Å². The molecule has 3 aromatic rings. The lowest BCUT2D eigenvalue weighted by atomic mass is 10.2. The van der Waals surface area contributed by atoms with Gasteiger partial charge in [-0.25, -0.2) is 9.78 Å². The Kier molecular flexibility index (Phi) is 6.53. The van der Waals surface area contributed by atoms with Crippen LogP contribution in [0, 0.1) is 0 Å². The molecule has 4 bridgehead atoms. The largest absolute Gasteiger partial charge is 0.497 e. The summed E-state index contributed by atoms with van der Waals surface area (Å²) in [7, 11) is 3.17. The Labute approximate surface area is 203 Å². The average molecular weight is 483 g/mol. The third kappa shape index (κ3) is 5.46. The summed E-state index contributed by atoms with van der Waals surface area (Å²) in [5.74, 6) is 1.09. The van der Waals surface area contributed by atoms with Crippen LogP contribution < -0.4 is 20.3 Å². The van der Waals surface area contributed by atoms with Crippen molar-refractivity contribution < 1.29 is 23.8 Å². The first-order valence-corrected chi connectivity index (χ1v) is 11.2. The van der Waals surface area contributed by atoms with Crippen LogP contribution in [-0.2, 0) is 16.1 Å². The molecule has 35 heavy (non-hydrogen) atoms. The fraction of sp³-hybridized carbons (Fsp3) is 0.417. The van der Waals surface area contributed by atoms with Gasteiger partial charge in [0.2, 0.25) is 0 Å². The van der Waals surface area contributed by atoms with Crippen molar-refractivity contribution in [2.45, 2.75) is 45.9 Å². The zero-order valence-electron chi connectivity index (χ0n) is 20.7. The van der Waals surface area contributed by atoms with Crippen LogP contribution in [0.25, 0.3) is 5.65 Å². The van der Waals surface area contributed by atoms with Crippen LogP contribution in [0.3, 0.4) is 0 Å². The number of aromatic nitrogens is 3. The summed E-state index contributed by atoms with van der Waals surface area (Å²) < 4.78 is 18.2. The Hall–Kier alpha value is -3.86. The quantitative estimate of drug-likeness (QED) is 0.570. The van der Waals surface area contributed by atoms with Gasteiger partial charge in [-0.1, -0.05) is 0 Å². The summed E-state index contributed by atoms with van der Waals surface area (Å²) in [5.41, 5.74) is 1.46. The fourth-order valence-electron chi connectivity index (χ4n) is 3.61. The average Bonchev–Trinajstić information content (AvgIpc) is 3.20. The molecule has 2 aromatic heterocycles.